The minimum atomic E-state index is -4.77. The second kappa shape index (κ2) is 17.1. The van der Waals surface area contributed by atoms with Crippen molar-refractivity contribution >= 4 is 52.2 Å². The largest absolute Gasteiger partial charge is 0.513 e. The highest BCUT2D eigenvalue weighted by atomic mass is 35.5. The Morgan fingerprint density at radius 1 is 1.04 bits per heavy atom. The van der Waals surface area contributed by atoms with Crippen molar-refractivity contribution in [2.24, 2.45) is 0 Å². The summed E-state index contributed by atoms with van der Waals surface area (Å²) in [7, 11) is 1.20. The molecule has 0 bridgehead atoms. The highest BCUT2D eigenvalue weighted by Crippen LogP contribution is 2.39. The van der Waals surface area contributed by atoms with Gasteiger partial charge >= 0.3 is 24.4 Å². The number of benzene rings is 3. The molecule has 2 fully saturated rings. The number of aromatic nitrogens is 2. The van der Waals surface area contributed by atoms with Gasteiger partial charge in [0.05, 0.1) is 40.5 Å². The Labute approximate surface area is 333 Å². The van der Waals surface area contributed by atoms with Crippen molar-refractivity contribution < 1.29 is 37.0 Å². The second-order valence-corrected chi connectivity index (χ2v) is 15.1. The SMILES string of the molecule is COC(=O)Oc1ccc2c(c1)nc(C(Cc1cc(Cl)c(N)c(C(F)(F)F)c1)NC(=O)N1CCC(N3CCc4ccccc4NC3=O)CC1)n2CCCN1CCCC1. The van der Waals surface area contributed by atoms with Crippen LogP contribution in [0.1, 0.15) is 60.7 Å². The number of piperidine rings is 1. The van der Waals surface area contributed by atoms with Crippen molar-refractivity contribution in [1.82, 2.24) is 29.6 Å². The third-order valence-electron chi connectivity index (χ3n) is 11.1. The highest BCUT2D eigenvalue weighted by molar-refractivity contribution is 6.33. The van der Waals surface area contributed by atoms with E-state index in [2.05, 4.69) is 20.3 Å². The number of hydrogen-bond donors (Lipinski definition) is 3. The summed E-state index contributed by atoms with van der Waals surface area (Å²) in [6, 6.07) is 13.4. The fourth-order valence-corrected chi connectivity index (χ4v) is 8.36. The van der Waals surface area contributed by atoms with E-state index in [1.54, 1.807) is 23.1 Å². The van der Waals surface area contributed by atoms with Gasteiger partial charge in [0.2, 0.25) is 0 Å². The molecule has 3 aromatic carbocycles. The summed E-state index contributed by atoms with van der Waals surface area (Å²) in [5.74, 6) is 0.598. The number of nitrogens with two attached hydrogens (primary N) is 1. The number of carbonyl (C=O) groups is 3. The van der Waals surface area contributed by atoms with Gasteiger partial charge in [0, 0.05) is 50.4 Å². The van der Waals surface area contributed by atoms with Gasteiger partial charge < -0.3 is 45.1 Å². The van der Waals surface area contributed by atoms with Crippen LogP contribution in [0.5, 0.6) is 5.75 Å². The Morgan fingerprint density at radius 3 is 2.53 bits per heavy atom. The van der Waals surface area contributed by atoms with E-state index < -0.39 is 35.7 Å². The van der Waals surface area contributed by atoms with E-state index in [-0.39, 0.29) is 34.8 Å². The van der Waals surface area contributed by atoms with Crippen molar-refractivity contribution in [1.29, 1.82) is 0 Å². The van der Waals surface area contributed by atoms with Crippen molar-refractivity contribution in [2.45, 2.75) is 69.8 Å². The predicted molar refractivity (Wildman–Crippen MR) is 209 cm³/mol. The molecule has 0 saturated carbocycles. The van der Waals surface area contributed by atoms with E-state index in [4.69, 9.17) is 27.1 Å². The molecule has 0 spiro atoms. The number of alkyl halides is 3. The molecule has 3 aliphatic rings. The molecule has 57 heavy (non-hydrogen) atoms. The number of likely N-dealkylation sites (tertiary alicyclic amines) is 2. The summed E-state index contributed by atoms with van der Waals surface area (Å²) in [6.45, 7) is 4.60. The van der Waals surface area contributed by atoms with E-state index in [0.29, 0.717) is 62.3 Å². The Bertz CT molecular complexity index is 2120. The number of ether oxygens (including phenoxy) is 2. The van der Waals surface area contributed by atoms with Crippen molar-refractivity contribution in [3.8, 4) is 5.75 Å². The molecule has 4 aromatic rings. The van der Waals surface area contributed by atoms with Crippen LogP contribution in [0.15, 0.2) is 54.6 Å². The number of anilines is 2. The predicted octanol–water partition coefficient (Wildman–Crippen LogP) is 7.47. The Kier molecular flexibility index (Phi) is 12.0. The van der Waals surface area contributed by atoms with Crippen LogP contribution >= 0.6 is 11.6 Å². The molecule has 0 radical (unpaired) electrons. The summed E-state index contributed by atoms with van der Waals surface area (Å²) in [5.41, 5.74) is 7.34. The third-order valence-corrected chi connectivity index (χ3v) is 11.4. The molecule has 13 nitrogen and oxygen atoms in total. The minimum absolute atomic E-state index is 0.0851. The summed E-state index contributed by atoms with van der Waals surface area (Å²) < 4.78 is 54.2. The maximum Gasteiger partial charge on any atom is 0.513 e. The van der Waals surface area contributed by atoms with Gasteiger partial charge in [-0.1, -0.05) is 29.8 Å². The molecule has 2 saturated heterocycles. The van der Waals surface area contributed by atoms with Crippen LogP contribution in [0, 0.1) is 0 Å². The van der Waals surface area contributed by atoms with Crippen LogP contribution in [-0.4, -0.2) is 94.9 Å². The summed E-state index contributed by atoms with van der Waals surface area (Å²) in [5, 5.41) is 5.86. The monoisotopic (exact) mass is 810 g/mol. The molecule has 4 heterocycles. The van der Waals surface area contributed by atoms with Gasteiger partial charge in [0.1, 0.15) is 11.6 Å². The second-order valence-electron chi connectivity index (χ2n) is 14.7. The number of amides is 4. The van der Waals surface area contributed by atoms with Crippen molar-refractivity contribution in [3.63, 3.8) is 0 Å². The molecule has 1 atom stereocenters. The summed E-state index contributed by atoms with van der Waals surface area (Å²) in [6.07, 6.45) is -0.958. The van der Waals surface area contributed by atoms with Crippen LogP contribution in [0.2, 0.25) is 5.02 Å². The average molecular weight is 811 g/mol. The Balaban J connectivity index is 1.17. The first-order valence-corrected chi connectivity index (χ1v) is 19.6. The number of rotatable bonds is 10. The number of methoxy groups -OCH3 is 1. The molecular formula is C40H46ClF3N8O5. The number of hydrogen-bond acceptors (Lipinski definition) is 8. The summed E-state index contributed by atoms with van der Waals surface area (Å²) >= 11 is 6.27. The number of urea groups is 2. The number of carbonyl (C=O) groups excluding carboxylic acids is 3. The maximum atomic E-state index is 14.2. The number of aryl methyl sites for hydroxylation is 1. The molecular weight excluding hydrogens is 765 g/mol. The fourth-order valence-electron chi connectivity index (χ4n) is 8.12. The standard InChI is InChI=1S/C40H46ClF3N8O5/c1-56-39(55)57-28-9-10-34-32(24-28)46-36(52(34)17-6-16-49-14-4-5-15-49)33(23-25-21-29(40(42,43)44)35(45)30(41)22-25)48-37(53)50-18-12-27(13-19-50)51-20-11-26-7-2-3-8-31(26)47-38(51)54/h2-3,7-10,21-22,24,27,33H,4-6,11-20,23,45H2,1H3,(H,47,54)(H,48,53). The van der Waals surface area contributed by atoms with E-state index in [1.165, 1.54) is 13.2 Å². The van der Waals surface area contributed by atoms with Crippen LogP contribution in [0.3, 0.4) is 0 Å². The van der Waals surface area contributed by atoms with Gasteiger partial charge in [-0.15, -0.1) is 0 Å². The number of nitrogens with zero attached hydrogens (tertiary/aromatic N) is 5. The molecule has 1 unspecified atom stereocenters. The van der Waals surface area contributed by atoms with Crippen LogP contribution in [-0.2, 0) is 30.3 Å². The molecule has 4 amide bonds. The Morgan fingerprint density at radius 2 is 1.79 bits per heavy atom. The first-order valence-electron chi connectivity index (χ1n) is 19.2. The first kappa shape index (κ1) is 40.0. The van der Waals surface area contributed by atoms with Crippen LogP contribution in [0.4, 0.5) is 38.9 Å². The third kappa shape index (κ3) is 9.17. The zero-order valence-electron chi connectivity index (χ0n) is 31.6. The first-order chi connectivity index (χ1) is 27.4. The lowest BCUT2D eigenvalue weighted by Gasteiger charge is -2.38. The number of halogens is 4. The highest BCUT2D eigenvalue weighted by Gasteiger charge is 2.36. The molecule has 1 aromatic heterocycles. The van der Waals surface area contributed by atoms with Gasteiger partial charge in [-0.2, -0.15) is 13.2 Å². The van der Waals surface area contributed by atoms with Crippen LogP contribution < -0.4 is 21.1 Å². The fraction of sp³-hybridized carbons (Fsp3) is 0.450. The number of imidazole rings is 1. The quantitative estimate of drug-likeness (QED) is 0.0850. The lowest BCUT2D eigenvalue weighted by molar-refractivity contribution is -0.137. The van der Waals surface area contributed by atoms with E-state index in [1.807, 2.05) is 33.7 Å². The van der Waals surface area contributed by atoms with Gasteiger partial charge in [-0.3, -0.25) is 0 Å². The normalized spacial score (nSPS) is 17.2. The smallest absolute Gasteiger partial charge is 0.437 e. The van der Waals surface area contributed by atoms with Crippen molar-refractivity contribution in [3.05, 3.63) is 82.1 Å². The topological polar surface area (TPSA) is 147 Å². The van der Waals surface area contributed by atoms with Gasteiger partial charge in [0.15, 0.2) is 0 Å². The summed E-state index contributed by atoms with van der Waals surface area (Å²) in [4.78, 5) is 50.1. The maximum absolute atomic E-state index is 14.2. The van der Waals surface area contributed by atoms with Crippen LogP contribution in [0.25, 0.3) is 11.0 Å². The Hall–Kier alpha value is -5.22. The van der Waals surface area contributed by atoms with E-state index in [9.17, 15) is 27.6 Å². The molecule has 304 valence electrons. The number of nitrogens with one attached hydrogen (secondary N) is 2. The average Bonchev–Trinajstić information content (AvgIpc) is 3.80. The molecule has 7 rings (SSSR count). The van der Waals surface area contributed by atoms with Crippen molar-refractivity contribution in [2.75, 3.05) is 57.4 Å². The van der Waals surface area contributed by atoms with E-state index in [0.717, 1.165) is 56.2 Å². The molecule has 3 aliphatic heterocycles. The number of nitrogen functional groups attached to an aromatic ring is 1. The molecule has 0 aliphatic carbocycles. The molecule has 4 N–H and O–H groups in total. The minimum Gasteiger partial charge on any atom is -0.437 e. The molecule has 17 heteroatoms. The van der Waals surface area contributed by atoms with E-state index >= 15 is 0 Å². The zero-order chi connectivity index (χ0) is 40.3. The number of para-hydroxylation sites is 1. The zero-order valence-corrected chi connectivity index (χ0v) is 32.4. The van der Waals surface area contributed by atoms with Gasteiger partial charge in [-0.05, 0) is 99.6 Å². The lowest BCUT2D eigenvalue weighted by Crippen LogP contribution is -2.52. The lowest BCUT2D eigenvalue weighted by atomic mass is 10.0. The van der Waals surface area contributed by atoms with Gasteiger partial charge in [-0.25, -0.2) is 19.4 Å². The number of fused-ring (bicyclic) bond motifs is 2. The van der Waals surface area contributed by atoms with Gasteiger partial charge in [0.25, 0.3) is 0 Å².